The maximum Gasteiger partial charge on any atom is 0.345 e. The van der Waals surface area contributed by atoms with Crippen molar-refractivity contribution >= 4 is 67.9 Å². The number of ether oxygens (including phenoxy) is 1. The molecule has 11 heteroatoms. The number of nitriles is 1. The second kappa shape index (κ2) is 11.5. The van der Waals surface area contributed by atoms with Crippen molar-refractivity contribution in [1.82, 2.24) is 5.43 Å². The average Bonchev–Trinajstić information content (AvgIpc) is 3.22. The van der Waals surface area contributed by atoms with Crippen LogP contribution in [0, 0.1) is 11.3 Å². The second-order valence-electron chi connectivity index (χ2n) is 7.73. The van der Waals surface area contributed by atoms with Crippen molar-refractivity contribution in [2.75, 3.05) is 5.32 Å². The van der Waals surface area contributed by atoms with Crippen LogP contribution in [0.25, 0.3) is 0 Å². The van der Waals surface area contributed by atoms with Gasteiger partial charge in [-0.2, -0.15) is 10.4 Å². The number of benzene rings is 2. The first-order valence-corrected chi connectivity index (χ1v) is 12.8. The molecule has 36 heavy (non-hydrogen) atoms. The van der Waals surface area contributed by atoms with Gasteiger partial charge < -0.3 is 10.1 Å². The van der Waals surface area contributed by atoms with Crippen molar-refractivity contribution in [2.45, 2.75) is 25.7 Å². The number of hydrazone groups is 1. The Balaban J connectivity index is 1.43. The van der Waals surface area contributed by atoms with Crippen LogP contribution in [0.5, 0.6) is 5.75 Å². The molecule has 8 nitrogen and oxygen atoms in total. The summed E-state index contributed by atoms with van der Waals surface area (Å²) in [4.78, 5) is 38.3. The van der Waals surface area contributed by atoms with E-state index in [1.165, 1.54) is 23.6 Å². The lowest BCUT2D eigenvalue weighted by Crippen LogP contribution is -2.32. The number of fused-ring (bicyclic) bond motifs is 1. The Bertz CT molecular complexity index is 1430. The molecular formula is C25H18BrClN4O4S. The van der Waals surface area contributed by atoms with E-state index < -0.39 is 17.8 Å². The molecule has 0 radical (unpaired) electrons. The van der Waals surface area contributed by atoms with Crippen LogP contribution in [0.4, 0.5) is 5.00 Å². The molecule has 1 aliphatic rings. The molecule has 0 unspecified atom stereocenters. The maximum atomic E-state index is 12.5. The number of esters is 1. The largest absolute Gasteiger partial charge is 0.422 e. The van der Waals surface area contributed by atoms with Gasteiger partial charge in [-0.05, 0) is 61.6 Å². The van der Waals surface area contributed by atoms with Crippen molar-refractivity contribution < 1.29 is 19.1 Å². The number of carbonyl (C=O) groups is 3. The van der Waals surface area contributed by atoms with E-state index in [4.69, 9.17) is 16.3 Å². The molecule has 4 rings (SSSR count). The Kier molecular flexibility index (Phi) is 8.15. The summed E-state index contributed by atoms with van der Waals surface area (Å²) in [5, 5.41) is 16.5. The summed E-state index contributed by atoms with van der Waals surface area (Å²) in [7, 11) is 0. The quantitative estimate of drug-likeness (QED) is 0.140. The van der Waals surface area contributed by atoms with Crippen molar-refractivity contribution in [3.05, 3.63) is 79.1 Å². The second-order valence-corrected chi connectivity index (χ2v) is 10.2. The molecule has 182 valence electrons. The zero-order valence-corrected chi connectivity index (χ0v) is 21.8. The fourth-order valence-electron chi connectivity index (χ4n) is 3.64. The van der Waals surface area contributed by atoms with Gasteiger partial charge in [0.05, 0.1) is 22.4 Å². The summed E-state index contributed by atoms with van der Waals surface area (Å²) < 4.78 is 6.14. The predicted molar refractivity (Wildman–Crippen MR) is 141 cm³/mol. The van der Waals surface area contributed by atoms with Gasteiger partial charge >= 0.3 is 17.8 Å². The monoisotopic (exact) mass is 584 g/mol. The molecule has 2 amide bonds. The lowest BCUT2D eigenvalue weighted by molar-refractivity contribution is -0.136. The molecule has 2 N–H and O–H groups in total. The third-order valence-corrected chi connectivity index (χ3v) is 7.38. The van der Waals surface area contributed by atoms with E-state index in [1.54, 1.807) is 36.4 Å². The fraction of sp³-hybridized carbons (Fsp3) is 0.160. The van der Waals surface area contributed by atoms with Crippen LogP contribution in [0.2, 0.25) is 5.02 Å². The molecular weight excluding hydrogens is 568 g/mol. The number of hydrogen-bond acceptors (Lipinski definition) is 7. The number of rotatable bonds is 5. The number of aryl methyl sites for hydroxylation is 1. The van der Waals surface area contributed by atoms with Gasteiger partial charge in [0.2, 0.25) is 0 Å². The Morgan fingerprint density at radius 1 is 1.14 bits per heavy atom. The normalized spacial score (nSPS) is 12.5. The number of amides is 2. The minimum absolute atomic E-state index is 0.174. The van der Waals surface area contributed by atoms with Gasteiger partial charge in [-0.3, -0.25) is 9.59 Å². The smallest absolute Gasteiger partial charge is 0.345 e. The number of halogens is 2. The van der Waals surface area contributed by atoms with Crippen molar-refractivity contribution in [2.24, 2.45) is 5.10 Å². The molecule has 2 aromatic carbocycles. The van der Waals surface area contributed by atoms with E-state index in [9.17, 15) is 19.6 Å². The van der Waals surface area contributed by atoms with Crippen LogP contribution in [-0.2, 0) is 22.4 Å². The minimum atomic E-state index is -1.01. The zero-order valence-electron chi connectivity index (χ0n) is 18.6. The first-order valence-electron chi connectivity index (χ1n) is 10.8. The molecule has 0 fully saturated rings. The average molecular weight is 586 g/mol. The van der Waals surface area contributed by atoms with Gasteiger partial charge in [-0.15, -0.1) is 11.3 Å². The van der Waals surface area contributed by atoms with E-state index in [1.807, 2.05) is 0 Å². The number of anilines is 1. The summed E-state index contributed by atoms with van der Waals surface area (Å²) in [6, 6.07) is 13.5. The Morgan fingerprint density at radius 2 is 1.92 bits per heavy atom. The van der Waals surface area contributed by atoms with Crippen molar-refractivity contribution in [3.63, 3.8) is 0 Å². The van der Waals surface area contributed by atoms with E-state index in [2.05, 4.69) is 37.8 Å². The minimum Gasteiger partial charge on any atom is -0.422 e. The Hall–Kier alpha value is -3.52. The van der Waals surface area contributed by atoms with Crippen molar-refractivity contribution in [3.8, 4) is 11.8 Å². The predicted octanol–water partition coefficient (Wildman–Crippen LogP) is 5.22. The Labute approximate surface area is 224 Å². The molecule has 1 heterocycles. The number of nitrogens with zero attached hydrogens (tertiary/aromatic N) is 2. The molecule has 0 saturated carbocycles. The SMILES string of the molecule is N#Cc1c(NC(=O)C(=O)N/N=C\c2cc(Br)ccc2OC(=O)c2ccccc2Cl)sc2c1CCCC2. The van der Waals surface area contributed by atoms with E-state index in [-0.39, 0.29) is 16.3 Å². The summed E-state index contributed by atoms with van der Waals surface area (Å²) in [5.41, 5.74) is 4.08. The van der Waals surface area contributed by atoms with Gasteiger partial charge in [0.1, 0.15) is 16.8 Å². The Morgan fingerprint density at radius 3 is 2.69 bits per heavy atom. The lowest BCUT2D eigenvalue weighted by Gasteiger charge is -2.09. The van der Waals surface area contributed by atoms with Crippen LogP contribution >= 0.6 is 38.9 Å². The summed E-state index contributed by atoms with van der Waals surface area (Å²) in [6.07, 6.45) is 4.92. The van der Waals surface area contributed by atoms with E-state index in [0.717, 1.165) is 36.1 Å². The zero-order chi connectivity index (χ0) is 25.7. The highest BCUT2D eigenvalue weighted by Gasteiger charge is 2.23. The topological polar surface area (TPSA) is 121 Å². The molecule has 1 aliphatic carbocycles. The standard InChI is InChI=1S/C25H18BrClN4O4S/c26-15-9-10-20(35-25(34)17-6-1-3-7-19(17)27)14(11-15)13-29-31-23(33)22(32)30-24-18(12-28)16-5-2-4-8-21(16)36-24/h1,3,6-7,9-11,13H,2,4-5,8H2,(H,30,32)(H,31,33)/b29-13-. The van der Waals surface area contributed by atoms with Crippen LogP contribution < -0.4 is 15.5 Å². The van der Waals surface area contributed by atoms with E-state index >= 15 is 0 Å². The summed E-state index contributed by atoms with van der Waals surface area (Å²) >= 11 is 10.7. The van der Waals surface area contributed by atoms with Crippen LogP contribution in [0.15, 0.2) is 52.0 Å². The molecule has 0 bridgehead atoms. The third-order valence-electron chi connectivity index (χ3n) is 5.35. The highest BCUT2D eigenvalue weighted by Crippen LogP contribution is 2.37. The maximum absolute atomic E-state index is 12.5. The first-order chi connectivity index (χ1) is 17.4. The number of thiophene rings is 1. The summed E-state index contributed by atoms with van der Waals surface area (Å²) in [6.45, 7) is 0. The summed E-state index contributed by atoms with van der Waals surface area (Å²) in [5.74, 6) is -2.44. The van der Waals surface area contributed by atoms with E-state index in [0.29, 0.717) is 20.6 Å². The molecule has 0 spiro atoms. The van der Waals surface area contributed by atoms with Gasteiger partial charge in [-0.25, -0.2) is 10.2 Å². The van der Waals surface area contributed by atoms with Gasteiger partial charge in [-0.1, -0.05) is 39.7 Å². The van der Waals surface area contributed by atoms with Gasteiger partial charge in [0.25, 0.3) is 0 Å². The molecule has 0 aliphatic heterocycles. The number of hydrogen-bond donors (Lipinski definition) is 2. The highest BCUT2D eigenvalue weighted by molar-refractivity contribution is 9.10. The third kappa shape index (κ3) is 5.82. The van der Waals surface area contributed by atoms with Gasteiger partial charge in [0.15, 0.2) is 0 Å². The number of nitrogens with one attached hydrogen (secondary N) is 2. The van der Waals surface area contributed by atoms with Crippen LogP contribution in [-0.4, -0.2) is 24.0 Å². The molecule has 3 aromatic rings. The molecule has 1 aromatic heterocycles. The molecule has 0 atom stereocenters. The highest BCUT2D eigenvalue weighted by atomic mass is 79.9. The molecule has 0 saturated heterocycles. The lowest BCUT2D eigenvalue weighted by atomic mass is 9.96. The van der Waals surface area contributed by atoms with Gasteiger partial charge in [0, 0.05) is 14.9 Å². The first kappa shape index (κ1) is 25.6. The van der Waals surface area contributed by atoms with Crippen molar-refractivity contribution in [1.29, 1.82) is 5.26 Å². The van der Waals surface area contributed by atoms with Crippen LogP contribution in [0.3, 0.4) is 0 Å². The number of carbonyl (C=O) groups excluding carboxylic acids is 3. The van der Waals surface area contributed by atoms with Crippen LogP contribution in [0.1, 0.15) is 44.8 Å². The fourth-order valence-corrected chi connectivity index (χ4v) is 5.46.